The highest BCUT2D eigenvalue weighted by Gasteiger charge is 2.11. The maximum Gasteiger partial charge on any atom is 0.244 e. The number of nitrogens with zero attached hydrogens (tertiary/aromatic N) is 2. The number of hydrogen-bond acceptors (Lipinski definition) is 0. The average Bonchev–Trinajstić information content (AvgIpc) is 2.83. The van der Waals surface area contributed by atoms with E-state index in [1.807, 2.05) is 0 Å². The lowest BCUT2D eigenvalue weighted by Crippen LogP contribution is -3.00. The van der Waals surface area contributed by atoms with Crippen LogP contribution in [0.15, 0.2) is 18.7 Å². The third-order valence-electron chi connectivity index (χ3n) is 3.66. The van der Waals surface area contributed by atoms with Crippen LogP contribution in [0.25, 0.3) is 0 Å². The van der Waals surface area contributed by atoms with Crippen LogP contribution in [0.2, 0.25) is 0 Å². The minimum absolute atomic E-state index is 0. The van der Waals surface area contributed by atoms with E-state index in [-0.39, 0.29) is 17.0 Å². The Bertz CT molecular complexity index is 326. The summed E-state index contributed by atoms with van der Waals surface area (Å²) in [5, 5.41) is 0. The number of aryl methyl sites for hydroxylation is 1. The zero-order valence-electron chi connectivity index (χ0n) is 13.0. The molecule has 1 aromatic rings. The predicted octanol–water partition coefficient (Wildman–Crippen LogP) is 2.13. The van der Waals surface area contributed by atoms with Crippen LogP contribution in [0.3, 0.4) is 0 Å². The largest absolute Gasteiger partial charge is 1.00 e. The van der Waals surface area contributed by atoms with Gasteiger partial charge in [-0.2, -0.15) is 0 Å². The molecule has 1 aromatic heterocycles. The van der Waals surface area contributed by atoms with Gasteiger partial charge >= 0.3 is 0 Å². The molecule has 0 aliphatic carbocycles. The van der Waals surface area contributed by atoms with E-state index >= 15 is 0 Å². The van der Waals surface area contributed by atoms with Crippen LogP contribution in [-0.2, 0) is 7.05 Å². The second-order valence-corrected chi connectivity index (χ2v) is 6.63. The third-order valence-corrected chi connectivity index (χ3v) is 4.59. The van der Waals surface area contributed by atoms with E-state index in [0.29, 0.717) is 4.95 Å². The number of unbranched alkanes of at least 4 members (excludes halogenated alkanes) is 8. The van der Waals surface area contributed by atoms with Crippen molar-refractivity contribution in [3.8, 4) is 0 Å². The van der Waals surface area contributed by atoms with Crippen molar-refractivity contribution in [3.63, 3.8) is 0 Å². The summed E-state index contributed by atoms with van der Waals surface area (Å²) in [6.45, 7) is 2.28. The van der Waals surface area contributed by atoms with Crippen LogP contribution in [-0.4, -0.2) is 4.57 Å². The molecule has 4 heteroatoms. The predicted molar refractivity (Wildman–Crippen MR) is 85.4 cm³/mol. The maximum atomic E-state index is 3.76. The molecule has 0 amide bonds. The van der Waals surface area contributed by atoms with Gasteiger partial charge in [0, 0.05) is 0 Å². The minimum atomic E-state index is 0. The Hall–Kier alpha value is 0.170. The fraction of sp³-hybridized carbons (Fsp3) is 0.812. The summed E-state index contributed by atoms with van der Waals surface area (Å²) in [5.41, 5.74) is 0. The summed E-state index contributed by atoms with van der Waals surface area (Å²) in [7, 11) is 2.06. The molecule has 1 heterocycles. The van der Waals surface area contributed by atoms with Gasteiger partial charge in [-0.25, -0.2) is 9.13 Å². The Kier molecular flexibility index (Phi) is 13.0. The number of rotatable bonds is 11. The molecular weight excluding hydrogens is 380 g/mol. The maximum absolute atomic E-state index is 3.76. The average molecular weight is 410 g/mol. The van der Waals surface area contributed by atoms with Crippen molar-refractivity contribution < 1.29 is 21.5 Å². The highest BCUT2D eigenvalue weighted by molar-refractivity contribution is 9.09. The fourth-order valence-corrected chi connectivity index (χ4v) is 2.97. The van der Waals surface area contributed by atoms with Gasteiger partial charge in [-0.3, -0.25) is 0 Å². The first kappa shape index (κ1) is 20.2. The van der Waals surface area contributed by atoms with Crippen molar-refractivity contribution in [1.82, 2.24) is 4.57 Å². The van der Waals surface area contributed by atoms with Crippen LogP contribution in [0.4, 0.5) is 0 Å². The Morgan fingerprint density at radius 3 is 2.05 bits per heavy atom. The Labute approximate surface area is 143 Å². The van der Waals surface area contributed by atoms with Gasteiger partial charge in [-0.05, 0) is 28.8 Å². The second-order valence-electron chi connectivity index (χ2n) is 5.58. The monoisotopic (exact) mass is 408 g/mol. The van der Waals surface area contributed by atoms with E-state index in [1.165, 1.54) is 64.2 Å². The minimum Gasteiger partial charge on any atom is -1.00 e. The van der Waals surface area contributed by atoms with Crippen molar-refractivity contribution in [2.75, 3.05) is 0 Å². The molecule has 0 radical (unpaired) electrons. The van der Waals surface area contributed by atoms with E-state index in [9.17, 15) is 0 Å². The molecular formula is C16H30Br2N2. The molecule has 0 aliphatic rings. The summed E-state index contributed by atoms with van der Waals surface area (Å²) >= 11 is 3.76. The molecule has 0 saturated heterocycles. The van der Waals surface area contributed by atoms with Gasteiger partial charge in [-0.15, -0.1) is 0 Å². The van der Waals surface area contributed by atoms with Crippen molar-refractivity contribution in [3.05, 3.63) is 18.7 Å². The van der Waals surface area contributed by atoms with E-state index in [2.05, 4.69) is 57.8 Å². The number of aromatic nitrogens is 2. The first-order chi connectivity index (χ1) is 9.24. The van der Waals surface area contributed by atoms with Crippen LogP contribution in [0, 0.1) is 0 Å². The molecule has 1 unspecified atom stereocenters. The number of alkyl halides is 1. The molecule has 0 aromatic carbocycles. The number of halogens is 2. The van der Waals surface area contributed by atoms with Crippen molar-refractivity contribution >= 4 is 15.9 Å². The highest BCUT2D eigenvalue weighted by Crippen LogP contribution is 2.22. The lowest BCUT2D eigenvalue weighted by Gasteiger charge is -2.06. The summed E-state index contributed by atoms with van der Waals surface area (Å²) in [6.07, 6.45) is 20.2. The molecule has 0 N–H and O–H groups in total. The van der Waals surface area contributed by atoms with Gasteiger partial charge in [0.1, 0.15) is 12.4 Å². The molecule has 1 rings (SSSR count). The molecule has 0 bridgehead atoms. The van der Waals surface area contributed by atoms with E-state index < -0.39 is 0 Å². The van der Waals surface area contributed by atoms with Crippen molar-refractivity contribution in [1.29, 1.82) is 0 Å². The van der Waals surface area contributed by atoms with Gasteiger partial charge in [0.2, 0.25) is 6.33 Å². The van der Waals surface area contributed by atoms with E-state index in [1.54, 1.807) is 0 Å². The summed E-state index contributed by atoms with van der Waals surface area (Å²) in [6, 6.07) is 0. The van der Waals surface area contributed by atoms with Gasteiger partial charge in [0.05, 0.1) is 7.05 Å². The number of hydrogen-bond donors (Lipinski definition) is 0. The second kappa shape index (κ2) is 12.9. The van der Waals surface area contributed by atoms with Crippen LogP contribution >= 0.6 is 15.9 Å². The topological polar surface area (TPSA) is 8.81 Å². The molecule has 1 atom stereocenters. The Morgan fingerprint density at radius 1 is 1.00 bits per heavy atom. The first-order valence-corrected chi connectivity index (χ1v) is 8.82. The third kappa shape index (κ3) is 9.17. The van der Waals surface area contributed by atoms with E-state index in [0.717, 1.165) is 0 Å². The summed E-state index contributed by atoms with van der Waals surface area (Å²) in [5.74, 6) is 0. The fourth-order valence-electron chi connectivity index (χ4n) is 2.41. The molecule has 20 heavy (non-hydrogen) atoms. The lowest BCUT2D eigenvalue weighted by molar-refractivity contribution is -0.671. The zero-order chi connectivity index (χ0) is 13.9. The molecule has 0 fully saturated rings. The quantitative estimate of drug-likeness (QED) is 0.300. The molecule has 0 saturated carbocycles. The molecule has 0 aliphatic heterocycles. The van der Waals surface area contributed by atoms with Gasteiger partial charge in [0.25, 0.3) is 0 Å². The van der Waals surface area contributed by atoms with E-state index in [4.69, 9.17) is 0 Å². The summed E-state index contributed by atoms with van der Waals surface area (Å²) < 4.78 is 4.33. The van der Waals surface area contributed by atoms with Gasteiger partial charge < -0.3 is 17.0 Å². The van der Waals surface area contributed by atoms with Gasteiger partial charge in [-0.1, -0.05) is 58.3 Å². The van der Waals surface area contributed by atoms with Gasteiger partial charge in [0.15, 0.2) is 4.95 Å². The van der Waals surface area contributed by atoms with Crippen molar-refractivity contribution in [2.24, 2.45) is 7.05 Å². The van der Waals surface area contributed by atoms with Crippen LogP contribution in [0.5, 0.6) is 0 Å². The summed E-state index contributed by atoms with van der Waals surface area (Å²) in [4.78, 5) is 0.457. The first-order valence-electron chi connectivity index (χ1n) is 7.91. The molecule has 2 nitrogen and oxygen atoms in total. The molecule has 118 valence electrons. The molecule has 0 spiro atoms. The SMILES string of the molecule is CCCCCCCCCCCC(Br)n1cc[n+](C)c1.[Br-]. The zero-order valence-corrected chi connectivity index (χ0v) is 16.2. The lowest BCUT2D eigenvalue weighted by atomic mass is 10.1. The Morgan fingerprint density at radius 2 is 1.55 bits per heavy atom. The highest BCUT2D eigenvalue weighted by atomic mass is 79.9. The van der Waals surface area contributed by atoms with Crippen molar-refractivity contribution in [2.45, 2.75) is 76.1 Å². The smallest absolute Gasteiger partial charge is 0.244 e. The number of imidazole rings is 1. The normalized spacial score (nSPS) is 12.2. The van der Waals surface area contributed by atoms with Crippen LogP contribution in [0.1, 0.15) is 76.1 Å². The van der Waals surface area contributed by atoms with Crippen LogP contribution < -0.4 is 21.5 Å². The Balaban J connectivity index is 0.00000361. The standard InChI is InChI=1S/C16H30BrN2.BrH/c1-3-4-5-6-7-8-9-10-11-12-16(17)19-14-13-18(2)15-19;/h13-16H,3-12H2,1-2H3;1H/q+1;/p-1.